The van der Waals surface area contributed by atoms with E-state index in [1.807, 2.05) is 0 Å². The van der Waals surface area contributed by atoms with Crippen molar-refractivity contribution in [3.8, 4) is 0 Å². The highest BCUT2D eigenvalue weighted by molar-refractivity contribution is 5.95. The Morgan fingerprint density at radius 1 is 1.70 bits per heavy atom. The number of rotatable bonds is 2. The molecule has 0 aliphatic carbocycles. The van der Waals surface area contributed by atoms with Crippen LogP contribution in [0.3, 0.4) is 0 Å². The number of ether oxygens (including phenoxy) is 1. The number of hydrogen-bond donors (Lipinski definition) is 0. The lowest BCUT2D eigenvalue weighted by molar-refractivity contribution is -0.114. The van der Waals surface area contributed by atoms with Crippen LogP contribution in [0.5, 0.6) is 0 Å². The number of isocyanates is 1. The summed E-state index contributed by atoms with van der Waals surface area (Å²) in [5, 5.41) is 0. The number of aliphatic imine (C=N–C) groups is 1. The third-order valence-electron chi connectivity index (χ3n) is 0.779. The van der Waals surface area contributed by atoms with Gasteiger partial charge in [0.2, 0.25) is 6.08 Å². The lowest BCUT2D eigenvalue weighted by atomic mass is 10.3. The van der Waals surface area contributed by atoms with Crippen LogP contribution in [0.15, 0.2) is 16.8 Å². The van der Waals surface area contributed by atoms with E-state index in [0.29, 0.717) is 0 Å². The Kier molecular flexibility index (Phi) is 3.84. The highest BCUT2D eigenvalue weighted by Crippen LogP contribution is 1.93. The molecular formula is C6H7NO3. The van der Waals surface area contributed by atoms with Crippen LogP contribution in [0.2, 0.25) is 0 Å². The maximum atomic E-state index is 10.6. The van der Waals surface area contributed by atoms with E-state index in [0.717, 1.165) is 6.08 Å². The zero-order valence-electron chi connectivity index (χ0n) is 5.75. The van der Waals surface area contributed by atoms with Gasteiger partial charge >= 0.3 is 0 Å². The molecule has 1 amide bonds. The summed E-state index contributed by atoms with van der Waals surface area (Å²) >= 11 is 0. The molecule has 0 aromatic heterocycles. The van der Waals surface area contributed by atoms with Crippen molar-refractivity contribution in [3.05, 3.63) is 11.8 Å². The van der Waals surface area contributed by atoms with Crippen LogP contribution in [0.4, 0.5) is 0 Å². The Balaban J connectivity index is 4.21. The normalized spacial score (nSPS) is 10.0. The third-order valence-corrected chi connectivity index (χ3v) is 0.779. The van der Waals surface area contributed by atoms with Crippen molar-refractivity contribution >= 4 is 12.0 Å². The number of methoxy groups -OCH3 is 1. The van der Waals surface area contributed by atoms with Crippen molar-refractivity contribution in [3.63, 3.8) is 0 Å². The number of amides is 1. The van der Waals surface area contributed by atoms with Crippen LogP contribution in [0, 0.1) is 0 Å². The van der Waals surface area contributed by atoms with Gasteiger partial charge in [-0.3, -0.25) is 4.79 Å². The van der Waals surface area contributed by atoms with Crippen molar-refractivity contribution in [1.29, 1.82) is 0 Å². The fourth-order valence-corrected chi connectivity index (χ4v) is 0.357. The van der Waals surface area contributed by atoms with E-state index in [1.54, 1.807) is 0 Å². The molecule has 4 nitrogen and oxygen atoms in total. The maximum absolute atomic E-state index is 10.6. The maximum Gasteiger partial charge on any atom is 0.286 e. The molecule has 54 valence electrons. The van der Waals surface area contributed by atoms with Gasteiger partial charge in [-0.1, -0.05) is 0 Å². The van der Waals surface area contributed by atoms with E-state index in [-0.39, 0.29) is 5.57 Å². The first kappa shape index (κ1) is 8.59. The van der Waals surface area contributed by atoms with Gasteiger partial charge in [0.1, 0.15) is 0 Å². The van der Waals surface area contributed by atoms with Crippen LogP contribution < -0.4 is 0 Å². The third kappa shape index (κ3) is 2.79. The van der Waals surface area contributed by atoms with Gasteiger partial charge in [-0.05, 0) is 6.92 Å². The van der Waals surface area contributed by atoms with Gasteiger partial charge in [-0.25, -0.2) is 4.79 Å². The molecule has 0 spiro atoms. The largest absolute Gasteiger partial charge is 0.504 e. The van der Waals surface area contributed by atoms with Crippen LogP contribution in [0.25, 0.3) is 0 Å². The SMILES string of the molecule is CO/C=C(/C)C(=O)N=C=O. The molecule has 0 bridgehead atoms. The molecule has 0 aromatic rings. The van der Waals surface area contributed by atoms with Gasteiger partial charge in [0.25, 0.3) is 5.91 Å². The Bertz CT molecular complexity index is 201. The summed E-state index contributed by atoms with van der Waals surface area (Å²) < 4.78 is 4.50. The van der Waals surface area contributed by atoms with Gasteiger partial charge < -0.3 is 4.74 Å². The van der Waals surface area contributed by atoms with Gasteiger partial charge in [0.05, 0.1) is 18.9 Å². The summed E-state index contributed by atoms with van der Waals surface area (Å²) in [5.74, 6) is -0.628. The van der Waals surface area contributed by atoms with Crippen molar-refractivity contribution in [2.45, 2.75) is 6.92 Å². The summed E-state index contributed by atoms with van der Waals surface area (Å²) in [6.07, 6.45) is 2.35. The summed E-state index contributed by atoms with van der Waals surface area (Å²) in [6.45, 7) is 1.49. The Hall–Kier alpha value is -1.41. The van der Waals surface area contributed by atoms with E-state index in [2.05, 4.69) is 9.73 Å². The predicted octanol–water partition coefficient (Wildman–Crippen LogP) is 0.399. The highest BCUT2D eigenvalue weighted by atomic mass is 16.5. The molecule has 0 radical (unpaired) electrons. The van der Waals surface area contributed by atoms with E-state index >= 15 is 0 Å². The standard InChI is InChI=1S/C6H7NO3/c1-5(3-10-2)6(9)7-4-8/h3H,1-2H3/b5-3-. The van der Waals surface area contributed by atoms with Crippen LogP contribution in [0.1, 0.15) is 6.92 Å². The minimum Gasteiger partial charge on any atom is -0.504 e. The first-order valence-electron chi connectivity index (χ1n) is 2.54. The summed E-state index contributed by atoms with van der Waals surface area (Å²) in [6, 6.07) is 0. The average molecular weight is 141 g/mol. The Morgan fingerprint density at radius 3 is 2.70 bits per heavy atom. The van der Waals surface area contributed by atoms with Crippen molar-refractivity contribution < 1.29 is 14.3 Å². The molecule has 0 saturated carbocycles. The Labute approximate surface area is 58.2 Å². The average Bonchev–Trinajstić information content (AvgIpc) is 1.89. The fourth-order valence-electron chi connectivity index (χ4n) is 0.357. The van der Waals surface area contributed by atoms with Gasteiger partial charge in [0, 0.05) is 0 Å². The topological polar surface area (TPSA) is 55.7 Å². The fraction of sp³-hybridized carbons (Fsp3) is 0.333. The minimum atomic E-state index is -0.628. The van der Waals surface area contributed by atoms with Crippen LogP contribution in [-0.4, -0.2) is 19.1 Å². The molecule has 0 heterocycles. The quantitative estimate of drug-likeness (QED) is 0.242. The van der Waals surface area contributed by atoms with Crippen molar-refractivity contribution in [2.75, 3.05) is 7.11 Å². The lowest BCUT2D eigenvalue weighted by Crippen LogP contribution is -1.94. The second-order valence-electron chi connectivity index (χ2n) is 1.54. The van der Waals surface area contributed by atoms with Crippen LogP contribution in [-0.2, 0) is 14.3 Å². The number of nitrogens with zero attached hydrogens (tertiary/aromatic N) is 1. The number of carbonyl (C=O) groups is 1. The molecular weight excluding hydrogens is 134 g/mol. The van der Waals surface area contributed by atoms with E-state index in [9.17, 15) is 9.59 Å². The molecule has 0 rings (SSSR count). The molecule has 0 aliphatic rings. The zero-order chi connectivity index (χ0) is 7.98. The van der Waals surface area contributed by atoms with Crippen molar-refractivity contribution in [2.24, 2.45) is 4.99 Å². The molecule has 0 N–H and O–H groups in total. The van der Waals surface area contributed by atoms with Gasteiger partial charge in [0.15, 0.2) is 0 Å². The second-order valence-corrected chi connectivity index (χ2v) is 1.54. The molecule has 0 saturated heterocycles. The number of hydrogen-bond acceptors (Lipinski definition) is 3. The predicted molar refractivity (Wildman–Crippen MR) is 33.9 cm³/mol. The summed E-state index contributed by atoms with van der Waals surface area (Å²) in [4.78, 5) is 22.9. The van der Waals surface area contributed by atoms with Crippen LogP contribution >= 0.6 is 0 Å². The van der Waals surface area contributed by atoms with Gasteiger partial charge in [-0.15, -0.1) is 4.99 Å². The molecule has 10 heavy (non-hydrogen) atoms. The summed E-state index contributed by atoms with van der Waals surface area (Å²) in [5.41, 5.74) is 0.269. The smallest absolute Gasteiger partial charge is 0.286 e. The molecule has 0 aromatic carbocycles. The van der Waals surface area contributed by atoms with E-state index in [4.69, 9.17) is 0 Å². The second kappa shape index (κ2) is 4.47. The molecule has 0 fully saturated rings. The summed E-state index contributed by atoms with van der Waals surface area (Å²) in [7, 11) is 1.40. The number of carbonyl (C=O) groups excluding carboxylic acids is 2. The molecule has 4 heteroatoms. The Morgan fingerprint density at radius 2 is 2.30 bits per heavy atom. The minimum absolute atomic E-state index is 0.269. The monoisotopic (exact) mass is 141 g/mol. The first-order valence-corrected chi connectivity index (χ1v) is 2.54. The molecule has 0 atom stereocenters. The van der Waals surface area contributed by atoms with E-state index < -0.39 is 5.91 Å². The van der Waals surface area contributed by atoms with Gasteiger partial charge in [-0.2, -0.15) is 0 Å². The zero-order valence-corrected chi connectivity index (χ0v) is 5.75. The van der Waals surface area contributed by atoms with Crippen molar-refractivity contribution in [1.82, 2.24) is 0 Å². The highest BCUT2D eigenvalue weighted by Gasteiger charge is 1.99. The molecule has 0 aliphatic heterocycles. The first-order chi connectivity index (χ1) is 4.72. The molecule has 0 unspecified atom stereocenters. The van der Waals surface area contributed by atoms with E-state index in [1.165, 1.54) is 20.3 Å². The lowest BCUT2D eigenvalue weighted by Gasteiger charge is -1.89.